The molecule has 192 valence electrons. The van der Waals surface area contributed by atoms with Crippen molar-refractivity contribution in [1.29, 1.82) is 0 Å². The summed E-state index contributed by atoms with van der Waals surface area (Å²) in [6, 6.07) is 9.91. The van der Waals surface area contributed by atoms with Gasteiger partial charge in [-0.25, -0.2) is 0 Å². The predicted molar refractivity (Wildman–Crippen MR) is 188 cm³/mol. The monoisotopic (exact) mass is 1520 g/mol. The molecule has 2 aromatic rings. The first-order valence-electron chi connectivity index (χ1n) is 8.40. The van der Waals surface area contributed by atoms with Gasteiger partial charge in [0, 0.05) is 0 Å². The second kappa shape index (κ2) is 14.5. The fraction of sp³-hybridized carbons (Fsp3) is 0.235. The molecular weight excluding hydrogens is 1500 g/mol. The molecule has 0 amide bonds. The number of benzene rings is 2. The van der Waals surface area contributed by atoms with Crippen LogP contribution in [0.3, 0.4) is 0 Å². The fourth-order valence-corrected chi connectivity index (χ4v) is 25.5. The summed E-state index contributed by atoms with van der Waals surface area (Å²) < 4.78 is 54.7. The van der Waals surface area contributed by atoms with E-state index in [9.17, 15) is 22.4 Å². The van der Waals surface area contributed by atoms with Crippen LogP contribution in [0.1, 0.15) is 11.1 Å². The topological polar surface area (TPSA) is 105 Å². The van der Waals surface area contributed by atoms with Crippen molar-refractivity contribution in [1.82, 2.24) is 0 Å². The third kappa shape index (κ3) is 8.65. The van der Waals surface area contributed by atoms with Crippen molar-refractivity contribution in [3.05, 3.63) is 60.2 Å². The third-order valence-electron chi connectivity index (χ3n) is 3.95. The van der Waals surface area contributed by atoms with Crippen LogP contribution in [0.2, 0.25) is 0 Å². The minimum atomic E-state index is -4.61. The summed E-state index contributed by atoms with van der Waals surface area (Å²) in [5.74, 6) is 0. The van der Waals surface area contributed by atoms with Gasteiger partial charge in [-0.15, -0.1) is 0 Å². The number of nitrogens with zero attached hydrogens (tertiary/aromatic N) is 2. The van der Waals surface area contributed by atoms with Gasteiger partial charge in [-0.05, 0) is 0 Å². The zero-order chi connectivity index (χ0) is 26.1. The molecule has 34 heavy (non-hydrogen) atoms. The molecule has 0 bridgehead atoms. The van der Waals surface area contributed by atoms with Crippen molar-refractivity contribution in [2.75, 3.05) is 4.93 Å². The Morgan fingerprint density at radius 2 is 1.59 bits per heavy atom. The van der Waals surface area contributed by atoms with E-state index in [0.717, 1.165) is 11.1 Å². The molecule has 0 fully saturated rings. The summed E-state index contributed by atoms with van der Waals surface area (Å²) in [7, 11) is -9.18. The first-order chi connectivity index (χ1) is 15.6. The van der Waals surface area contributed by atoms with Crippen molar-refractivity contribution in [3.8, 4) is 0 Å². The Morgan fingerprint density at radius 1 is 1.03 bits per heavy atom. The molecule has 0 aromatic heterocycles. The molecule has 2 aromatic carbocycles. The Hall–Kier alpha value is 4.29. The molecule has 0 heterocycles. The number of alkyl halides is 7. The van der Waals surface area contributed by atoms with E-state index in [0.29, 0.717) is 7.14 Å². The second-order valence-corrected chi connectivity index (χ2v) is 63.8. The van der Waals surface area contributed by atoms with Crippen LogP contribution in [0.4, 0.5) is 0 Å². The Kier molecular flexibility index (Phi) is 14.7. The minimum absolute atomic E-state index is 0.0602. The van der Waals surface area contributed by atoms with E-state index < -0.39 is 57.1 Å². The van der Waals surface area contributed by atoms with E-state index in [1.165, 1.54) is 12.1 Å². The van der Waals surface area contributed by atoms with Gasteiger partial charge in [0.15, 0.2) is 0 Å². The maximum absolute atomic E-state index is 13.7. The Labute approximate surface area is 301 Å². The molecule has 0 atom stereocenters. The number of halogens is 9. The molecule has 0 aliphatic carbocycles. The van der Waals surface area contributed by atoms with E-state index >= 15 is 0 Å². The van der Waals surface area contributed by atoms with Crippen LogP contribution in [0.5, 0.6) is 0 Å². The summed E-state index contributed by atoms with van der Waals surface area (Å²) in [5.41, 5.74) is 11.6. The van der Waals surface area contributed by atoms with Crippen LogP contribution in [0.25, 0.3) is 5.53 Å². The molecule has 0 aliphatic heterocycles. The predicted octanol–water partition coefficient (Wildman–Crippen LogP) is 1.32. The van der Waals surface area contributed by atoms with E-state index in [-0.39, 0.29) is 26.4 Å². The quantitative estimate of drug-likeness (QED) is 0.104. The molecule has 0 saturated carbocycles. The molecular formula is C17H13I9N2O4S2-2. The third-order valence-corrected chi connectivity index (χ3v) is 43.1. The number of hydrogen-bond donors (Lipinski definition) is 0. The molecule has 0 radical (unpaired) electrons. The summed E-state index contributed by atoms with van der Waals surface area (Å²) in [5, 5.41) is 0. The van der Waals surface area contributed by atoms with E-state index in [4.69, 9.17) is 0 Å². The Bertz CT molecular complexity index is 1350. The molecule has 0 unspecified atom stereocenters. The average Bonchev–Trinajstić information content (AvgIpc) is 2.71. The Balaban J connectivity index is 2.79. The first-order valence-corrected chi connectivity index (χ1v) is 35.2. The van der Waals surface area contributed by atoms with Gasteiger partial charge in [-0.2, -0.15) is 0 Å². The molecule has 0 spiro atoms. The fourth-order valence-electron chi connectivity index (χ4n) is 2.52. The first kappa shape index (κ1) is 34.5. The zero-order valence-electron chi connectivity index (χ0n) is 16.8. The second-order valence-electron chi connectivity index (χ2n) is 6.15. The van der Waals surface area contributed by atoms with E-state index in [1.807, 2.05) is 19.1 Å². The van der Waals surface area contributed by atoms with Gasteiger partial charge in [0.2, 0.25) is 0 Å². The number of sulfone groups is 2. The van der Waals surface area contributed by atoms with Crippen molar-refractivity contribution < 1.29 is 60.1 Å². The van der Waals surface area contributed by atoms with Crippen LogP contribution >= 0.6 is 143 Å². The molecule has 6 nitrogen and oxygen atoms in total. The standard InChI is InChI=1S/C17H13I9N2O4S2/c1-9-3-5-14(12(7-9)26(23)24-2)34(31,32)16(28-27)33(29,30)13-6-4-10(17(20,21)22)8-11(13)25-15(18)19/h3-8,15H,1-2H3/q-2. The van der Waals surface area contributed by atoms with Crippen molar-refractivity contribution >= 4 is 167 Å². The maximum atomic E-state index is 13.7. The number of rotatable bonds is 7. The van der Waals surface area contributed by atoms with Crippen LogP contribution in [-0.2, 0) is 19.1 Å². The van der Waals surface area contributed by atoms with Gasteiger partial charge in [-0.3, -0.25) is 0 Å². The van der Waals surface area contributed by atoms with Crippen LogP contribution < -0.4 is 38.4 Å². The van der Waals surface area contributed by atoms with E-state index in [1.54, 1.807) is 12.1 Å². The van der Waals surface area contributed by atoms with Gasteiger partial charge in [0.1, 0.15) is 0 Å². The van der Waals surface area contributed by atoms with Crippen LogP contribution in [0, 0.1) is 14.1 Å². The number of aryl methyl sites for hydroxylation is 1. The summed E-state index contributed by atoms with van der Waals surface area (Å²) in [6.07, 6.45) is 0. The molecule has 0 saturated heterocycles. The van der Waals surface area contributed by atoms with Crippen LogP contribution in [-0.4, -0.2) is 30.9 Å². The van der Waals surface area contributed by atoms with Gasteiger partial charge in [0.25, 0.3) is 0 Å². The Morgan fingerprint density at radius 3 is 2.09 bits per heavy atom. The number of hydrogen-bond acceptors (Lipinski definition) is 4. The van der Waals surface area contributed by atoms with Gasteiger partial charge >= 0.3 is 309 Å². The van der Waals surface area contributed by atoms with Gasteiger partial charge < -0.3 is 0 Å². The average molecular weight is 1520 g/mol. The molecule has 17 heteroatoms. The van der Waals surface area contributed by atoms with E-state index in [2.05, 4.69) is 141 Å². The van der Waals surface area contributed by atoms with Crippen molar-refractivity contribution in [2.24, 2.45) is 0 Å². The molecule has 0 aliphatic rings. The summed E-state index contributed by atoms with van der Waals surface area (Å²) in [6.45, 7) is 1.88. The van der Waals surface area contributed by atoms with Gasteiger partial charge in [-0.1, -0.05) is 0 Å². The SMILES string of the molecule is C[I-]I(I)c1cc(C)ccc1S(=O)(=O)C(=[N+]=[N-])S(=O)(=O)c1ccc(C(I)(I)I)cc1[I-]C(I)I. The summed E-state index contributed by atoms with van der Waals surface area (Å²) in [4.78, 5) is 4.83. The van der Waals surface area contributed by atoms with Crippen molar-refractivity contribution in [2.45, 2.75) is 16.1 Å². The molecule has 2 rings (SSSR count). The zero-order valence-corrected chi connectivity index (χ0v) is 37.8. The normalized spacial score (nSPS) is 13.3. The van der Waals surface area contributed by atoms with Gasteiger partial charge in [0.05, 0.1) is 0 Å². The van der Waals surface area contributed by atoms with Crippen LogP contribution in [0.15, 0.2) is 46.2 Å². The molecule has 0 N–H and O–H groups in total. The summed E-state index contributed by atoms with van der Waals surface area (Å²) >= 11 is 10.9. The van der Waals surface area contributed by atoms with Crippen molar-refractivity contribution in [3.63, 3.8) is 0 Å².